The lowest BCUT2D eigenvalue weighted by Gasteiger charge is -2.15. The third-order valence-corrected chi connectivity index (χ3v) is 5.82. The highest BCUT2D eigenvalue weighted by atomic mass is 79.9. The number of hydrogen-bond acceptors (Lipinski definition) is 5. The molecule has 0 N–H and O–H groups in total. The highest BCUT2D eigenvalue weighted by molar-refractivity contribution is 9.11. The van der Waals surface area contributed by atoms with Gasteiger partial charge in [0.2, 0.25) is 0 Å². The van der Waals surface area contributed by atoms with Crippen LogP contribution in [-0.4, -0.2) is 18.2 Å². The number of rotatable bonds is 2. The molecule has 3 nitrogen and oxygen atoms in total. The van der Waals surface area contributed by atoms with Crippen LogP contribution in [0, 0.1) is 0 Å². The fraction of sp³-hybridized carbons (Fsp3) is 0.133. The number of thiophene rings is 1. The molecule has 0 saturated heterocycles. The summed E-state index contributed by atoms with van der Waals surface area (Å²) in [6.45, 7) is 1.17. The van der Waals surface area contributed by atoms with Crippen molar-refractivity contribution in [3.8, 4) is 32.6 Å². The van der Waals surface area contributed by atoms with E-state index >= 15 is 0 Å². The second-order valence-electron chi connectivity index (χ2n) is 4.46. The zero-order valence-corrected chi connectivity index (χ0v) is 14.1. The Labute approximate surface area is 138 Å². The van der Waals surface area contributed by atoms with E-state index in [1.54, 1.807) is 22.7 Å². The summed E-state index contributed by atoms with van der Waals surface area (Å²) in [7, 11) is 0. The first-order valence-electron chi connectivity index (χ1n) is 6.42. The van der Waals surface area contributed by atoms with Crippen molar-refractivity contribution in [2.45, 2.75) is 0 Å². The van der Waals surface area contributed by atoms with E-state index in [9.17, 15) is 0 Å². The van der Waals surface area contributed by atoms with Gasteiger partial charge in [0.15, 0.2) is 11.5 Å². The Morgan fingerprint density at radius 3 is 2.62 bits per heavy atom. The lowest BCUT2D eigenvalue weighted by atomic mass is 10.2. The van der Waals surface area contributed by atoms with Crippen molar-refractivity contribution in [1.82, 2.24) is 4.98 Å². The van der Waals surface area contributed by atoms with Crippen molar-refractivity contribution < 1.29 is 9.47 Å². The second-order valence-corrected chi connectivity index (χ2v) is 7.66. The van der Waals surface area contributed by atoms with Crippen molar-refractivity contribution in [2.75, 3.05) is 13.2 Å². The number of nitrogens with zero attached hydrogens (tertiary/aromatic N) is 1. The summed E-state index contributed by atoms with van der Waals surface area (Å²) >= 11 is 6.78. The molecule has 0 aliphatic carbocycles. The number of halogens is 1. The van der Waals surface area contributed by atoms with Gasteiger partial charge in [-0.2, -0.15) is 0 Å². The SMILES string of the molecule is Brc1sc(-c2csc(-c3ccccc3)n2)c2c1OCCO2. The van der Waals surface area contributed by atoms with E-state index in [2.05, 4.69) is 33.4 Å². The van der Waals surface area contributed by atoms with Gasteiger partial charge >= 0.3 is 0 Å². The van der Waals surface area contributed by atoms with Gasteiger partial charge in [0, 0.05) is 10.9 Å². The largest absolute Gasteiger partial charge is 0.484 e. The average molecular weight is 380 g/mol. The maximum absolute atomic E-state index is 5.76. The van der Waals surface area contributed by atoms with E-state index in [0.29, 0.717) is 13.2 Å². The highest BCUT2D eigenvalue weighted by Gasteiger charge is 2.25. The molecule has 3 aromatic rings. The molecule has 4 rings (SSSR count). The predicted octanol–water partition coefficient (Wildman–Crippen LogP) is 5.07. The minimum Gasteiger partial charge on any atom is -0.484 e. The van der Waals surface area contributed by atoms with E-state index in [0.717, 1.165) is 36.4 Å². The number of thiazole rings is 1. The number of aromatic nitrogens is 1. The van der Waals surface area contributed by atoms with E-state index in [4.69, 9.17) is 14.5 Å². The maximum Gasteiger partial charge on any atom is 0.187 e. The summed E-state index contributed by atoms with van der Waals surface area (Å²) in [6, 6.07) is 10.2. The van der Waals surface area contributed by atoms with Crippen molar-refractivity contribution in [1.29, 1.82) is 0 Å². The molecule has 0 bridgehead atoms. The normalized spacial score (nSPS) is 13.4. The molecule has 0 spiro atoms. The van der Waals surface area contributed by atoms with Gasteiger partial charge in [0.1, 0.15) is 26.9 Å². The Morgan fingerprint density at radius 1 is 1.05 bits per heavy atom. The quantitative estimate of drug-likeness (QED) is 0.622. The fourth-order valence-corrected chi connectivity index (χ4v) is 4.72. The monoisotopic (exact) mass is 379 g/mol. The summed E-state index contributed by atoms with van der Waals surface area (Å²) in [6.07, 6.45) is 0. The van der Waals surface area contributed by atoms with Gasteiger partial charge in [-0.15, -0.1) is 22.7 Å². The molecule has 6 heteroatoms. The van der Waals surface area contributed by atoms with Crippen LogP contribution in [0.1, 0.15) is 0 Å². The summed E-state index contributed by atoms with van der Waals surface area (Å²) in [5.74, 6) is 1.61. The molecule has 0 unspecified atom stereocenters. The van der Waals surface area contributed by atoms with E-state index in [1.165, 1.54) is 0 Å². The number of benzene rings is 1. The Hall–Kier alpha value is -1.37. The van der Waals surface area contributed by atoms with Gasteiger partial charge in [-0.05, 0) is 15.9 Å². The zero-order valence-electron chi connectivity index (χ0n) is 10.8. The number of fused-ring (bicyclic) bond motifs is 1. The molecule has 0 radical (unpaired) electrons. The first-order chi connectivity index (χ1) is 10.3. The van der Waals surface area contributed by atoms with Gasteiger partial charge in [0.25, 0.3) is 0 Å². The van der Waals surface area contributed by atoms with Gasteiger partial charge < -0.3 is 9.47 Å². The molecule has 0 saturated carbocycles. The predicted molar refractivity (Wildman–Crippen MR) is 89.6 cm³/mol. The molecule has 3 heterocycles. The maximum atomic E-state index is 5.76. The van der Waals surface area contributed by atoms with Crippen molar-refractivity contribution >= 4 is 38.6 Å². The molecule has 1 aromatic carbocycles. The lowest BCUT2D eigenvalue weighted by molar-refractivity contribution is 0.173. The molecule has 1 aliphatic heterocycles. The first-order valence-corrected chi connectivity index (χ1v) is 8.91. The smallest absolute Gasteiger partial charge is 0.187 e. The van der Waals surface area contributed by atoms with Crippen LogP contribution in [0.3, 0.4) is 0 Å². The van der Waals surface area contributed by atoms with Crippen LogP contribution in [0.5, 0.6) is 11.5 Å². The third-order valence-electron chi connectivity index (χ3n) is 3.12. The summed E-state index contributed by atoms with van der Waals surface area (Å²) < 4.78 is 12.4. The highest BCUT2D eigenvalue weighted by Crippen LogP contribution is 2.52. The van der Waals surface area contributed by atoms with Gasteiger partial charge in [0.05, 0.1) is 5.69 Å². The molecule has 106 valence electrons. The Morgan fingerprint density at radius 2 is 1.81 bits per heavy atom. The second kappa shape index (κ2) is 5.44. The fourth-order valence-electron chi connectivity index (χ4n) is 2.18. The van der Waals surface area contributed by atoms with Gasteiger partial charge in [-0.1, -0.05) is 30.3 Å². The lowest BCUT2D eigenvalue weighted by Crippen LogP contribution is -2.14. The Bertz CT molecular complexity index is 782. The summed E-state index contributed by atoms with van der Waals surface area (Å²) in [5.41, 5.74) is 2.08. The van der Waals surface area contributed by atoms with Crippen LogP contribution >= 0.6 is 38.6 Å². The van der Waals surface area contributed by atoms with Gasteiger partial charge in [-0.3, -0.25) is 0 Å². The van der Waals surface area contributed by atoms with Crippen LogP contribution in [0.25, 0.3) is 21.1 Å². The van der Waals surface area contributed by atoms with E-state index in [-0.39, 0.29) is 0 Å². The number of ether oxygens (including phenoxy) is 2. The standard InChI is InChI=1S/C15H10BrNO2S2/c16-14-12-11(18-6-7-19-12)13(21-14)10-8-20-15(17-10)9-4-2-1-3-5-9/h1-5,8H,6-7H2. The third kappa shape index (κ3) is 2.37. The van der Waals surface area contributed by atoms with Crippen molar-refractivity contribution in [3.63, 3.8) is 0 Å². The Kier molecular flexibility index (Phi) is 3.45. The minimum atomic E-state index is 0.582. The summed E-state index contributed by atoms with van der Waals surface area (Å²) in [4.78, 5) is 5.77. The molecular weight excluding hydrogens is 370 g/mol. The van der Waals surface area contributed by atoms with Crippen LogP contribution < -0.4 is 9.47 Å². The van der Waals surface area contributed by atoms with Crippen LogP contribution in [0.4, 0.5) is 0 Å². The topological polar surface area (TPSA) is 31.4 Å². The van der Waals surface area contributed by atoms with Crippen LogP contribution in [-0.2, 0) is 0 Å². The average Bonchev–Trinajstić information content (AvgIpc) is 3.14. The Balaban J connectivity index is 1.77. The molecule has 0 amide bonds. The van der Waals surface area contributed by atoms with Crippen LogP contribution in [0.2, 0.25) is 0 Å². The number of hydrogen-bond donors (Lipinski definition) is 0. The van der Waals surface area contributed by atoms with Crippen LogP contribution in [0.15, 0.2) is 39.5 Å². The van der Waals surface area contributed by atoms with Gasteiger partial charge in [-0.25, -0.2) is 4.98 Å². The van der Waals surface area contributed by atoms with E-state index in [1.807, 2.05) is 18.2 Å². The molecule has 0 fully saturated rings. The van der Waals surface area contributed by atoms with E-state index < -0.39 is 0 Å². The zero-order chi connectivity index (χ0) is 14.2. The summed E-state index contributed by atoms with van der Waals surface area (Å²) in [5, 5.41) is 3.08. The molecule has 1 aliphatic rings. The van der Waals surface area contributed by atoms with Crippen molar-refractivity contribution in [3.05, 3.63) is 39.5 Å². The molecular formula is C15H10BrNO2S2. The molecule has 0 atom stereocenters. The molecule has 2 aromatic heterocycles. The van der Waals surface area contributed by atoms with Crippen molar-refractivity contribution in [2.24, 2.45) is 0 Å². The minimum absolute atomic E-state index is 0.582. The molecule has 21 heavy (non-hydrogen) atoms. The first kappa shape index (κ1) is 13.3.